The molecule has 0 aliphatic heterocycles. The molecule has 1 N–H and O–H groups in total. The lowest BCUT2D eigenvalue weighted by molar-refractivity contribution is 0.300. The van der Waals surface area contributed by atoms with Gasteiger partial charge in [0.05, 0.1) is 0 Å². The number of ether oxygens (including phenoxy) is 1. The van der Waals surface area contributed by atoms with Crippen molar-refractivity contribution >= 4 is 39.9 Å². The first-order valence-electron chi connectivity index (χ1n) is 9.60. The summed E-state index contributed by atoms with van der Waals surface area (Å²) in [6.07, 6.45) is 9.40. The zero-order valence-corrected chi connectivity index (χ0v) is 18.7. The Morgan fingerprint density at radius 2 is 1.67 bits per heavy atom. The van der Waals surface area contributed by atoms with Crippen LogP contribution in [-0.4, -0.2) is 6.04 Å². The van der Waals surface area contributed by atoms with Crippen molar-refractivity contribution in [1.29, 1.82) is 0 Å². The summed E-state index contributed by atoms with van der Waals surface area (Å²) < 4.78 is 7.18. The summed E-state index contributed by atoms with van der Waals surface area (Å²) in [4.78, 5) is 0. The highest BCUT2D eigenvalue weighted by Crippen LogP contribution is 2.26. The molecule has 3 rings (SSSR count). The molecular weight excluding hydrogens is 445 g/mol. The van der Waals surface area contributed by atoms with E-state index in [1.54, 1.807) is 0 Å². The Morgan fingerprint density at radius 3 is 2.41 bits per heavy atom. The first-order valence-corrected chi connectivity index (χ1v) is 10.8. The number of hydrogen-bond acceptors (Lipinski definition) is 2. The lowest BCUT2D eigenvalue weighted by atomic mass is 9.96. The predicted molar refractivity (Wildman–Crippen MR) is 120 cm³/mol. The van der Waals surface area contributed by atoms with Crippen LogP contribution >= 0.6 is 39.9 Å². The summed E-state index contributed by atoms with van der Waals surface area (Å²) in [5.74, 6) is 0.923. The SMILES string of the molecule is Cl.Clc1ccccc1COc1ccc(Br)cc1CNC1CCCCCCC1. The third-order valence-corrected chi connectivity index (χ3v) is 5.91. The van der Waals surface area contributed by atoms with E-state index in [0.717, 1.165) is 27.4 Å². The van der Waals surface area contributed by atoms with Crippen LogP contribution in [0.25, 0.3) is 0 Å². The van der Waals surface area contributed by atoms with Crippen LogP contribution in [0.3, 0.4) is 0 Å². The van der Waals surface area contributed by atoms with E-state index in [9.17, 15) is 0 Å². The molecule has 0 aromatic heterocycles. The monoisotopic (exact) mass is 471 g/mol. The molecule has 0 unspecified atom stereocenters. The minimum atomic E-state index is 0. The molecular formula is C22H28BrCl2NO. The molecule has 148 valence electrons. The molecule has 1 aliphatic carbocycles. The van der Waals surface area contributed by atoms with E-state index in [1.807, 2.05) is 36.4 Å². The average Bonchev–Trinajstić information content (AvgIpc) is 2.61. The highest BCUT2D eigenvalue weighted by molar-refractivity contribution is 9.10. The van der Waals surface area contributed by atoms with Crippen LogP contribution in [0.4, 0.5) is 0 Å². The van der Waals surface area contributed by atoms with Crippen LogP contribution < -0.4 is 10.1 Å². The Kier molecular flexibility index (Phi) is 9.99. The number of benzene rings is 2. The predicted octanol–water partition coefficient (Wildman–Crippen LogP) is 7.31. The third kappa shape index (κ3) is 7.30. The van der Waals surface area contributed by atoms with Gasteiger partial charge in [0.25, 0.3) is 0 Å². The third-order valence-electron chi connectivity index (χ3n) is 5.05. The molecule has 0 heterocycles. The molecule has 0 radical (unpaired) electrons. The minimum absolute atomic E-state index is 0. The maximum atomic E-state index is 6.25. The molecule has 1 aliphatic rings. The second kappa shape index (κ2) is 12.0. The summed E-state index contributed by atoms with van der Waals surface area (Å²) in [5, 5.41) is 4.50. The number of halogens is 3. The normalized spacial score (nSPS) is 15.5. The van der Waals surface area contributed by atoms with Crippen LogP contribution in [0, 0.1) is 0 Å². The van der Waals surface area contributed by atoms with Crippen LogP contribution in [0.5, 0.6) is 5.75 Å². The maximum Gasteiger partial charge on any atom is 0.124 e. The maximum absolute atomic E-state index is 6.25. The lowest BCUT2D eigenvalue weighted by Crippen LogP contribution is -2.29. The minimum Gasteiger partial charge on any atom is -0.489 e. The second-order valence-electron chi connectivity index (χ2n) is 7.06. The Balaban J connectivity index is 0.00000261. The van der Waals surface area contributed by atoms with Crippen LogP contribution in [0.1, 0.15) is 56.1 Å². The first-order chi connectivity index (χ1) is 12.7. The van der Waals surface area contributed by atoms with Gasteiger partial charge in [-0.1, -0.05) is 77.8 Å². The van der Waals surface area contributed by atoms with Gasteiger partial charge in [-0.15, -0.1) is 12.4 Å². The topological polar surface area (TPSA) is 21.3 Å². The molecule has 1 fully saturated rings. The molecule has 2 nitrogen and oxygen atoms in total. The fraction of sp³-hybridized carbons (Fsp3) is 0.455. The van der Waals surface area contributed by atoms with Gasteiger partial charge in [-0.25, -0.2) is 0 Å². The average molecular weight is 473 g/mol. The van der Waals surface area contributed by atoms with Gasteiger partial charge >= 0.3 is 0 Å². The molecule has 0 amide bonds. The first kappa shape index (κ1) is 22.5. The molecule has 27 heavy (non-hydrogen) atoms. The van der Waals surface area contributed by atoms with Crippen molar-refractivity contribution in [1.82, 2.24) is 5.32 Å². The van der Waals surface area contributed by atoms with E-state index in [-0.39, 0.29) is 12.4 Å². The molecule has 1 saturated carbocycles. The van der Waals surface area contributed by atoms with Gasteiger partial charge < -0.3 is 10.1 Å². The van der Waals surface area contributed by atoms with Gasteiger partial charge in [-0.3, -0.25) is 0 Å². The number of hydrogen-bond donors (Lipinski definition) is 1. The Morgan fingerprint density at radius 1 is 0.963 bits per heavy atom. The zero-order valence-electron chi connectivity index (χ0n) is 15.6. The fourth-order valence-electron chi connectivity index (χ4n) is 3.51. The summed E-state index contributed by atoms with van der Waals surface area (Å²) in [7, 11) is 0. The molecule has 0 spiro atoms. The quantitative estimate of drug-likeness (QED) is 0.475. The van der Waals surface area contributed by atoms with Gasteiger partial charge in [0.15, 0.2) is 0 Å². The van der Waals surface area contributed by atoms with Crippen molar-refractivity contribution in [3.8, 4) is 5.75 Å². The van der Waals surface area contributed by atoms with E-state index >= 15 is 0 Å². The highest BCUT2D eigenvalue weighted by Gasteiger charge is 2.13. The highest BCUT2D eigenvalue weighted by atomic mass is 79.9. The van der Waals surface area contributed by atoms with Crippen molar-refractivity contribution in [2.45, 2.75) is 64.1 Å². The van der Waals surface area contributed by atoms with Gasteiger partial charge in [0.1, 0.15) is 12.4 Å². The Hall–Kier alpha value is -0.740. The van der Waals surface area contributed by atoms with Gasteiger partial charge in [-0.05, 0) is 37.1 Å². The summed E-state index contributed by atoms with van der Waals surface area (Å²) in [6.45, 7) is 1.32. The molecule has 0 bridgehead atoms. The second-order valence-corrected chi connectivity index (χ2v) is 8.38. The van der Waals surface area contributed by atoms with Crippen molar-refractivity contribution in [3.63, 3.8) is 0 Å². The van der Waals surface area contributed by atoms with Crippen molar-refractivity contribution in [2.24, 2.45) is 0 Å². The van der Waals surface area contributed by atoms with Crippen LogP contribution in [0.15, 0.2) is 46.9 Å². The Bertz CT molecular complexity index is 702. The lowest BCUT2D eigenvalue weighted by Gasteiger charge is -2.22. The van der Waals surface area contributed by atoms with Crippen molar-refractivity contribution < 1.29 is 4.74 Å². The van der Waals surface area contributed by atoms with E-state index in [4.69, 9.17) is 16.3 Å². The smallest absolute Gasteiger partial charge is 0.124 e. The number of rotatable bonds is 6. The zero-order chi connectivity index (χ0) is 18.2. The standard InChI is InChI=1S/C22H27BrClNO.ClH/c23-19-12-13-22(26-16-17-8-6-7-11-21(17)24)18(14-19)15-25-20-9-4-2-1-3-5-10-20;/h6-8,11-14,20,25H,1-5,9-10,15-16H2;1H. The van der Waals surface area contributed by atoms with Gasteiger partial charge in [0.2, 0.25) is 0 Å². The summed E-state index contributed by atoms with van der Waals surface area (Å²) >= 11 is 9.84. The molecule has 2 aromatic carbocycles. The number of nitrogens with one attached hydrogen (secondary N) is 1. The van der Waals surface area contributed by atoms with Crippen molar-refractivity contribution in [3.05, 3.63) is 63.1 Å². The van der Waals surface area contributed by atoms with Crippen molar-refractivity contribution in [2.75, 3.05) is 0 Å². The molecule has 5 heteroatoms. The Labute approximate surface area is 182 Å². The van der Waals surface area contributed by atoms with Gasteiger partial charge in [-0.2, -0.15) is 0 Å². The van der Waals surface area contributed by atoms with E-state index in [1.165, 1.54) is 50.5 Å². The van der Waals surface area contributed by atoms with E-state index in [0.29, 0.717) is 12.6 Å². The molecule has 0 atom stereocenters. The molecule has 2 aromatic rings. The largest absolute Gasteiger partial charge is 0.489 e. The summed E-state index contributed by atoms with van der Waals surface area (Å²) in [6, 6.07) is 14.7. The molecule has 0 saturated heterocycles. The van der Waals surface area contributed by atoms with E-state index < -0.39 is 0 Å². The summed E-state index contributed by atoms with van der Waals surface area (Å²) in [5.41, 5.74) is 2.20. The fourth-order valence-corrected chi connectivity index (χ4v) is 4.11. The van der Waals surface area contributed by atoms with Crippen LogP contribution in [-0.2, 0) is 13.2 Å². The van der Waals surface area contributed by atoms with Crippen LogP contribution in [0.2, 0.25) is 5.02 Å². The van der Waals surface area contributed by atoms with E-state index in [2.05, 4.69) is 27.3 Å². The van der Waals surface area contributed by atoms with Gasteiger partial charge in [0, 0.05) is 33.2 Å².